The van der Waals surface area contributed by atoms with E-state index in [9.17, 15) is 5.26 Å². The monoisotopic (exact) mass is 324 g/mol. The third-order valence-electron chi connectivity index (χ3n) is 2.78. The van der Waals surface area contributed by atoms with E-state index in [1.54, 1.807) is 12.3 Å². The van der Waals surface area contributed by atoms with Crippen molar-refractivity contribution in [3.8, 4) is 0 Å². The molecule has 0 fully saturated rings. The molecule has 0 aliphatic heterocycles. The van der Waals surface area contributed by atoms with Crippen molar-refractivity contribution >= 4 is 18.0 Å². The van der Waals surface area contributed by atoms with Gasteiger partial charge < -0.3 is 5.26 Å². The average Bonchev–Trinajstić information content (AvgIpc) is 2.43. The van der Waals surface area contributed by atoms with Gasteiger partial charge in [0.2, 0.25) is 0 Å². The number of hydrogen-bond acceptors (Lipinski definition) is 7. The standard InChI is InChI=1S/C9H12O3S.C5H8N4/c1-6-4-7(2)9(8(3)5-6)13-12-11-10;1-4-2-3-9(7)5(6)8-4/h4-5,10H,1-3H3;2-3,6H,7H2,1H3. The van der Waals surface area contributed by atoms with Gasteiger partial charge in [0.15, 0.2) is 0 Å². The molecule has 0 amide bonds. The first-order chi connectivity index (χ1) is 10.3. The van der Waals surface area contributed by atoms with E-state index in [0.717, 1.165) is 33.8 Å². The van der Waals surface area contributed by atoms with E-state index in [1.165, 1.54) is 10.2 Å². The summed E-state index contributed by atoms with van der Waals surface area (Å²) < 4.78 is 5.55. The number of anilines is 1. The van der Waals surface area contributed by atoms with Crippen LogP contribution >= 0.6 is 12.0 Å². The van der Waals surface area contributed by atoms with Gasteiger partial charge in [-0.05, 0) is 38.8 Å². The number of rotatable bonds is 3. The van der Waals surface area contributed by atoms with Crippen LogP contribution in [0, 0.1) is 27.7 Å². The Kier molecular flexibility index (Phi) is 7.06. The highest BCUT2D eigenvalue weighted by atomic mass is 32.2. The summed E-state index contributed by atoms with van der Waals surface area (Å²) in [5, 5.41) is 12.9. The molecule has 0 saturated carbocycles. The van der Waals surface area contributed by atoms with E-state index in [4.69, 9.17) is 11.6 Å². The Labute approximate surface area is 133 Å². The third kappa shape index (κ3) is 5.49. The molecule has 0 aliphatic rings. The lowest BCUT2D eigenvalue weighted by Gasteiger charge is -2.10. The molecule has 4 N–H and O–H groups in total. The van der Waals surface area contributed by atoms with Crippen molar-refractivity contribution in [2.45, 2.75) is 32.6 Å². The first-order valence-electron chi connectivity index (χ1n) is 6.46. The van der Waals surface area contributed by atoms with Crippen molar-refractivity contribution in [2.75, 3.05) is 11.6 Å². The zero-order valence-electron chi connectivity index (χ0n) is 13.0. The molecule has 1 aromatic carbocycles. The summed E-state index contributed by atoms with van der Waals surface area (Å²) in [6, 6.07) is 5.85. The van der Waals surface area contributed by atoms with Crippen molar-refractivity contribution in [1.82, 2.24) is 4.98 Å². The minimum atomic E-state index is 0.329. The number of nitrogens with two attached hydrogens (primary N) is 2. The summed E-state index contributed by atoms with van der Waals surface area (Å²) in [7, 11) is 0. The topological polar surface area (TPSA) is 110 Å². The lowest BCUT2D eigenvalue weighted by Crippen LogP contribution is -2.47. The highest BCUT2D eigenvalue weighted by Crippen LogP contribution is 2.27. The third-order valence-corrected chi connectivity index (χ3v) is 3.72. The first kappa shape index (κ1) is 18.2. The van der Waals surface area contributed by atoms with Crippen LogP contribution in [0.4, 0.5) is 5.95 Å². The molecule has 0 bridgehead atoms. The molecule has 0 aliphatic carbocycles. The van der Waals surface area contributed by atoms with E-state index in [1.807, 2.05) is 39.8 Å². The Morgan fingerprint density at radius 2 is 1.77 bits per heavy atom. The van der Waals surface area contributed by atoms with Gasteiger partial charge in [-0.15, -0.1) is 4.68 Å². The average molecular weight is 324 g/mol. The predicted octanol–water partition coefficient (Wildman–Crippen LogP) is 0.816. The summed E-state index contributed by atoms with van der Waals surface area (Å²) in [6.45, 7) is 7.82. The molecular formula is C14H20N4O3S. The molecule has 120 valence electrons. The van der Waals surface area contributed by atoms with Crippen molar-refractivity contribution < 1.29 is 19.3 Å². The Hall–Kier alpha value is -1.87. The zero-order chi connectivity index (χ0) is 16.7. The van der Waals surface area contributed by atoms with Crippen LogP contribution in [-0.2, 0) is 9.37 Å². The fourth-order valence-electron chi connectivity index (χ4n) is 1.89. The quantitative estimate of drug-likeness (QED) is 0.283. The minimum Gasteiger partial charge on any atom is -0.691 e. The molecule has 0 spiro atoms. The van der Waals surface area contributed by atoms with Crippen LogP contribution in [0.1, 0.15) is 22.4 Å². The molecule has 1 heterocycles. The molecule has 2 aromatic rings. The number of nitrogen functional groups attached to an aromatic ring is 2. The summed E-state index contributed by atoms with van der Waals surface area (Å²) in [5.41, 5.74) is 9.58. The van der Waals surface area contributed by atoms with Crippen LogP contribution < -0.4 is 21.5 Å². The van der Waals surface area contributed by atoms with Crippen LogP contribution in [0.2, 0.25) is 0 Å². The van der Waals surface area contributed by atoms with E-state index in [2.05, 4.69) is 14.4 Å². The fraction of sp³-hybridized carbons (Fsp3) is 0.286. The molecule has 1 aromatic heterocycles. The van der Waals surface area contributed by atoms with Gasteiger partial charge in [-0.3, -0.25) is 16.6 Å². The highest BCUT2D eigenvalue weighted by Gasteiger charge is 2.04. The minimum absolute atomic E-state index is 0.329. The smallest absolute Gasteiger partial charge is 0.411 e. The van der Waals surface area contributed by atoms with Gasteiger partial charge in [-0.1, -0.05) is 22.7 Å². The van der Waals surface area contributed by atoms with E-state index in [-0.39, 0.29) is 0 Å². The molecule has 8 heteroatoms. The highest BCUT2D eigenvalue weighted by molar-refractivity contribution is 7.94. The molecule has 0 saturated heterocycles. The SMILES string of the molecule is Cc1cc(C)c(SOO[O-])c(C)c1.Cc1cc[n+](N)c(N)n1. The number of benzene rings is 1. The number of aryl methyl sites for hydroxylation is 4. The number of nitrogens with zero attached hydrogens (tertiary/aromatic N) is 2. The predicted molar refractivity (Wildman–Crippen MR) is 82.4 cm³/mol. The molecule has 0 radical (unpaired) electrons. The van der Waals surface area contributed by atoms with Crippen LogP contribution in [-0.4, -0.2) is 4.98 Å². The van der Waals surface area contributed by atoms with Crippen molar-refractivity contribution in [3.63, 3.8) is 0 Å². The van der Waals surface area contributed by atoms with Crippen LogP contribution in [0.25, 0.3) is 0 Å². The second-order valence-electron chi connectivity index (χ2n) is 4.78. The Morgan fingerprint density at radius 3 is 2.23 bits per heavy atom. The summed E-state index contributed by atoms with van der Waals surface area (Å²) in [5.74, 6) is 5.65. The maximum atomic E-state index is 9.65. The maximum absolute atomic E-state index is 9.65. The van der Waals surface area contributed by atoms with Gasteiger partial charge >= 0.3 is 5.95 Å². The molecule has 22 heavy (non-hydrogen) atoms. The maximum Gasteiger partial charge on any atom is 0.411 e. The lowest BCUT2D eigenvalue weighted by molar-refractivity contribution is -0.777. The lowest BCUT2D eigenvalue weighted by atomic mass is 10.1. The van der Waals surface area contributed by atoms with Crippen LogP contribution in [0.15, 0.2) is 29.3 Å². The summed E-state index contributed by atoms with van der Waals surface area (Å²) in [6.07, 6.45) is 1.66. The van der Waals surface area contributed by atoms with Gasteiger partial charge in [0.1, 0.15) is 5.69 Å². The molecule has 2 rings (SSSR count). The van der Waals surface area contributed by atoms with E-state index < -0.39 is 0 Å². The Bertz CT molecular complexity index is 614. The summed E-state index contributed by atoms with van der Waals surface area (Å²) >= 11 is 0.948. The first-order valence-corrected chi connectivity index (χ1v) is 7.20. The van der Waals surface area contributed by atoms with Gasteiger partial charge in [-0.2, -0.15) is 4.33 Å². The molecule has 0 atom stereocenters. The molecule has 0 unspecified atom stereocenters. The van der Waals surface area contributed by atoms with Gasteiger partial charge in [0, 0.05) is 11.0 Å². The van der Waals surface area contributed by atoms with Crippen molar-refractivity contribution in [3.05, 3.63) is 46.8 Å². The van der Waals surface area contributed by atoms with Crippen molar-refractivity contribution in [2.24, 2.45) is 0 Å². The van der Waals surface area contributed by atoms with Crippen LogP contribution in [0.3, 0.4) is 0 Å². The normalized spacial score (nSPS) is 10.0. The number of hydrogen-bond donors (Lipinski definition) is 2. The molecule has 7 nitrogen and oxygen atoms in total. The van der Waals surface area contributed by atoms with Crippen LogP contribution in [0.5, 0.6) is 0 Å². The largest absolute Gasteiger partial charge is 0.691 e. The van der Waals surface area contributed by atoms with Gasteiger partial charge in [0.05, 0.1) is 18.2 Å². The zero-order valence-corrected chi connectivity index (χ0v) is 13.8. The Morgan fingerprint density at radius 1 is 1.18 bits per heavy atom. The summed E-state index contributed by atoms with van der Waals surface area (Å²) in [4.78, 5) is 4.82. The van der Waals surface area contributed by atoms with E-state index >= 15 is 0 Å². The fourth-order valence-corrected chi connectivity index (χ4v) is 2.36. The van der Waals surface area contributed by atoms with Crippen molar-refractivity contribution in [1.29, 1.82) is 0 Å². The Balaban J connectivity index is 0.000000235. The second-order valence-corrected chi connectivity index (χ2v) is 5.49. The second kappa shape index (κ2) is 8.54. The molecular weight excluding hydrogens is 304 g/mol. The number of aromatic nitrogens is 2. The van der Waals surface area contributed by atoms with E-state index in [0.29, 0.717) is 5.95 Å². The van der Waals surface area contributed by atoms with Gasteiger partial charge in [-0.25, -0.2) is 0 Å². The van der Waals surface area contributed by atoms with Gasteiger partial charge in [0.25, 0.3) is 0 Å².